The van der Waals surface area contributed by atoms with Gasteiger partial charge in [0, 0.05) is 24.8 Å². The van der Waals surface area contributed by atoms with Gasteiger partial charge in [-0.1, -0.05) is 0 Å². The topological polar surface area (TPSA) is 123 Å². The molecule has 25 heavy (non-hydrogen) atoms. The number of aromatic amines is 2. The SMILES string of the molecule is CCn1c(=O)c2[nH]c(-c3ccc4n[nH]c(=O)n4c3)nc2n(CC)c1=O. The van der Waals surface area contributed by atoms with E-state index in [4.69, 9.17) is 0 Å². The zero-order valence-corrected chi connectivity index (χ0v) is 13.6. The van der Waals surface area contributed by atoms with Crippen LogP contribution in [0, 0.1) is 0 Å². The summed E-state index contributed by atoms with van der Waals surface area (Å²) in [5.41, 5.74) is 0.476. The normalized spacial score (nSPS) is 11.6. The van der Waals surface area contributed by atoms with Gasteiger partial charge in [0.15, 0.2) is 11.3 Å². The number of nitrogens with one attached hydrogen (secondary N) is 2. The third-order valence-electron chi connectivity index (χ3n) is 4.18. The Labute approximate surface area is 139 Å². The van der Waals surface area contributed by atoms with Crippen LogP contribution in [0.2, 0.25) is 0 Å². The largest absolute Gasteiger partial charge is 0.347 e. The number of nitrogens with zero attached hydrogens (tertiary/aromatic N) is 5. The summed E-state index contributed by atoms with van der Waals surface area (Å²) in [6, 6.07) is 3.40. The van der Waals surface area contributed by atoms with Crippen molar-refractivity contribution in [1.29, 1.82) is 0 Å². The predicted molar refractivity (Wildman–Crippen MR) is 90.8 cm³/mol. The van der Waals surface area contributed by atoms with Crippen molar-refractivity contribution in [2.45, 2.75) is 26.9 Å². The van der Waals surface area contributed by atoms with E-state index in [1.165, 1.54) is 8.97 Å². The molecule has 0 amide bonds. The fraction of sp³-hybridized carbons (Fsp3) is 0.267. The van der Waals surface area contributed by atoms with Crippen LogP contribution in [-0.2, 0) is 13.1 Å². The minimum absolute atomic E-state index is 0.262. The molecule has 0 bridgehead atoms. The van der Waals surface area contributed by atoms with Crippen LogP contribution in [0.15, 0.2) is 32.7 Å². The second-order valence-corrected chi connectivity index (χ2v) is 5.53. The lowest BCUT2D eigenvalue weighted by atomic mass is 10.3. The van der Waals surface area contributed by atoms with E-state index in [9.17, 15) is 14.4 Å². The molecular formula is C15H15N7O3. The van der Waals surface area contributed by atoms with E-state index >= 15 is 0 Å². The van der Waals surface area contributed by atoms with Gasteiger partial charge in [-0.15, -0.1) is 0 Å². The molecule has 0 unspecified atom stereocenters. The molecule has 0 aromatic carbocycles. The van der Waals surface area contributed by atoms with Crippen LogP contribution in [-0.4, -0.2) is 33.7 Å². The van der Waals surface area contributed by atoms with Gasteiger partial charge in [0.05, 0.1) is 0 Å². The van der Waals surface area contributed by atoms with E-state index < -0.39 is 5.56 Å². The Morgan fingerprint density at radius 2 is 1.84 bits per heavy atom. The molecule has 0 saturated heterocycles. The highest BCUT2D eigenvalue weighted by Crippen LogP contribution is 2.18. The van der Waals surface area contributed by atoms with Crippen LogP contribution in [0.1, 0.15) is 13.8 Å². The first-order valence-corrected chi connectivity index (χ1v) is 7.85. The zero-order chi connectivity index (χ0) is 17.7. The molecule has 0 aliphatic rings. The van der Waals surface area contributed by atoms with Gasteiger partial charge in [0.25, 0.3) is 5.56 Å². The predicted octanol–water partition coefficient (Wildman–Crippen LogP) is -0.0709. The Kier molecular flexibility index (Phi) is 3.20. The highest BCUT2D eigenvalue weighted by atomic mass is 16.2. The summed E-state index contributed by atoms with van der Waals surface area (Å²) in [6.45, 7) is 4.22. The molecule has 2 N–H and O–H groups in total. The molecule has 0 fully saturated rings. The van der Waals surface area contributed by atoms with Crippen molar-refractivity contribution in [3.63, 3.8) is 0 Å². The second-order valence-electron chi connectivity index (χ2n) is 5.53. The van der Waals surface area contributed by atoms with Crippen LogP contribution in [0.5, 0.6) is 0 Å². The minimum atomic E-state index is -0.410. The Morgan fingerprint density at radius 1 is 1.08 bits per heavy atom. The molecule has 0 spiro atoms. The van der Waals surface area contributed by atoms with Gasteiger partial charge < -0.3 is 4.98 Å². The number of H-pyrrole nitrogens is 2. The molecule has 4 rings (SSSR count). The molecule has 4 aromatic heterocycles. The number of imidazole rings is 1. The summed E-state index contributed by atoms with van der Waals surface area (Å²) in [7, 11) is 0. The quantitative estimate of drug-likeness (QED) is 0.540. The highest BCUT2D eigenvalue weighted by molar-refractivity contribution is 5.75. The maximum atomic E-state index is 12.5. The van der Waals surface area contributed by atoms with Gasteiger partial charge in [0.2, 0.25) is 0 Å². The van der Waals surface area contributed by atoms with Gasteiger partial charge in [-0.05, 0) is 26.0 Å². The smallest absolute Gasteiger partial charge is 0.332 e. The summed E-state index contributed by atoms with van der Waals surface area (Å²) in [4.78, 5) is 44.1. The van der Waals surface area contributed by atoms with Gasteiger partial charge in [-0.25, -0.2) is 24.1 Å². The lowest BCUT2D eigenvalue weighted by Crippen LogP contribution is -2.39. The van der Waals surface area contributed by atoms with Gasteiger partial charge in [-0.3, -0.25) is 13.9 Å². The fourth-order valence-electron chi connectivity index (χ4n) is 2.91. The first-order valence-electron chi connectivity index (χ1n) is 7.85. The molecule has 0 radical (unpaired) electrons. The van der Waals surface area contributed by atoms with Crippen molar-refractivity contribution in [2.75, 3.05) is 0 Å². The monoisotopic (exact) mass is 341 g/mol. The number of rotatable bonds is 3. The maximum Gasteiger partial charge on any atom is 0.347 e. The molecule has 0 atom stereocenters. The van der Waals surface area contributed by atoms with Crippen molar-refractivity contribution < 1.29 is 0 Å². The highest BCUT2D eigenvalue weighted by Gasteiger charge is 2.17. The van der Waals surface area contributed by atoms with Crippen LogP contribution in [0.25, 0.3) is 28.2 Å². The molecule has 4 heterocycles. The lowest BCUT2D eigenvalue weighted by molar-refractivity contribution is 0.606. The fourth-order valence-corrected chi connectivity index (χ4v) is 2.91. The average molecular weight is 341 g/mol. The average Bonchev–Trinajstić information content (AvgIpc) is 3.20. The summed E-state index contributed by atoms with van der Waals surface area (Å²) >= 11 is 0. The number of aromatic nitrogens is 7. The number of aryl methyl sites for hydroxylation is 1. The summed E-state index contributed by atoms with van der Waals surface area (Å²) < 4.78 is 3.96. The number of hydrogen-bond acceptors (Lipinski definition) is 5. The zero-order valence-electron chi connectivity index (χ0n) is 13.6. The molecule has 0 aliphatic carbocycles. The number of hydrogen-bond donors (Lipinski definition) is 2. The summed E-state index contributed by atoms with van der Waals surface area (Å²) in [5.74, 6) is 0.401. The van der Waals surface area contributed by atoms with Crippen molar-refractivity contribution in [2.24, 2.45) is 0 Å². The van der Waals surface area contributed by atoms with Crippen molar-refractivity contribution >= 4 is 16.8 Å². The minimum Gasteiger partial charge on any atom is -0.332 e. The molecule has 10 nitrogen and oxygen atoms in total. The van der Waals surface area contributed by atoms with E-state index in [-0.39, 0.29) is 23.4 Å². The van der Waals surface area contributed by atoms with Crippen LogP contribution in [0.4, 0.5) is 0 Å². The third-order valence-corrected chi connectivity index (χ3v) is 4.18. The van der Waals surface area contributed by atoms with Gasteiger partial charge in [0.1, 0.15) is 11.3 Å². The Hall–Kier alpha value is -3.43. The molecule has 128 valence electrons. The Balaban J connectivity index is 2.04. The molecule has 0 aliphatic heterocycles. The molecular weight excluding hydrogens is 326 g/mol. The van der Waals surface area contributed by atoms with Crippen molar-refractivity contribution in [3.05, 3.63) is 49.7 Å². The van der Waals surface area contributed by atoms with E-state index in [0.717, 1.165) is 4.57 Å². The Morgan fingerprint density at radius 3 is 2.56 bits per heavy atom. The van der Waals surface area contributed by atoms with Crippen molar-refractivity contribution in [3.8, 4) is 11.4 Å². The second kappa shape index (κ2) is 5.30. The van der Waals surface area contributed by atoms with Crippen LogP contribution >= 0.6 is 0 Å². The lowest BCUT2D eigenvalue weighted by Gasteiger charge is -2.06. The first kappa shape index (κ1) is 15.1. The third kappa shape index (κ3) is 2.07. The van der Waals surface area contributed by atoms with E-state index in [2.05, 4.69) is 20.2 Å². The van der Waals surface area contributed by atoms with E-state index in [0.29, 0.717) is 29.2 Å². The standard InChI is InChI=1S/C15H15N7O3/c1-3-20-12-10(13(23)21(4-2)15(20)25)16-11(17-12)8-5-6-9-18-19-14(24)22(9)7-8/h5-7H,3-4H2,1-2H3,(H,16,17)(H,19,24). The molecule has 4 aromatic rings. The maximum absolute atomic E-state index is 12.5. The summed E-state index contributed by atoms with van der Waals surface area (Å²) in [5, 5.41) is 6.23. The van der Waals surface area contributed by atoms with Gasteiger partial charge >= 0.3 is 11.4 Å². The summed E-state index contributed by atoms with van der Waals surface area (Å²) in [6.07, 6.45) is 1.58. The first-order chi connectivity index (χ1) is 12.0. The number of pyridine rings is 1. The van der Waals surface area contributed by atoms with E-state index in [1.54, 1.807) is 25.3 Å². The molecule has 0 saturated carbocycles. The van der Waals surface area contributed by atoms with Gasteiger partial charge in [-0.2, -0.15) is 5.10 Å². The van der Waals surface area contributed by atoms with Crippen molar-refractivity contribution in [1.82, 2.24) is 33.7 Å². The van der Waals surface area contributed by atoms with E-state index in [1.807, 2.05) is 6.92 Å². The number of fused-ring (bicyclic) bond motifs is 2. The van der Waals surface area contributed by atoms with Crippen LogP contribution in [0.3, 0.4) is 0 Å². The van der Waals surface area contributed by atoms with Crippen LogP contribution < -0.4 is 16.9 Å². The Bertz CT molecular complexity index is 1280. The molecule has 10 heteroatoms.